The van der Waals surface area contributed by atoms with Gasteiger partial charge in [0.2, 0.25) is 0 Å². The van der Waals surface area contributed by atoms with Crippen LogP contribution in [0.3, 0.4) is 0 Å². The summed E-state index contributed by atoms with van der Waals surface area (Å²) in [5.74, 6) is 0. The van der Waals surface area contributed by atoms with Crippen LogP contribution in [0.4, 0.5) is 0 Å². The molecule has 0 aliphatic carbocycles. The Kier molecular flexibility index (Phi) is 4.10. The second kappa shape index (κ2) is 5.40. The predicted molar refractivity (Wildman–Crippen MR) is 90.9 cm³/mol. The Morgan fingerprint density at radius 1 is 1.05 bits per heavy atom. The lowest BCUT2D eigenvalue weighted by Crippen LogP contribution is -2.18. The van der Waals surface area contributed by atoms with Gasteiger partial charge in [-0.3, -0.25) is 4.98 Å². The SMILES string of the molecule is CCCC(C)(C)c1cc(C)c2nc(C(C)(C)C)cnc2c1. The molecule has 0 saturated heterocycles. The summed E-state index contributed by atoms with van der Waals surface area (Å²) in [5, 5.41) is 0. The quantitative estimate of drug-likeness (QED) is 0.763. The number of hydrogen-bond donors (Lipinski definition) is 0. The second-order valence-corrected chi connectivity index (χ2v) is 7.80. The first-order valence-electron chi connectivity index (χ1n) is 7.93. The third-order valence-electron chi connectivity index (χ3n) is 4.26. The largest absolute Gasteiger partial charge is 0.253 e. The lowest BCUT2D eigenvalue weighted by Gasteiger charge is -2.26. The zero-order valence-corrected chi connectivity index (χ0v) is 14.5. The molecule has 0 amide bonds. The smallest absolute Gasteiger partial charge is 0.0919 e. The average Bonchev–Trinajstić information content (AvgIpc) is 2.37. The van der Waals surface area contributed by atoms with Crippen LogP contribution in [-0.4, -0.2) is 9.97 Å². The minimum atomic E-state index is 0.0355. The Bertz CT molecular complexity index is 648. The summed E-state index contributed by atoms with van der Waals surface area (Å²) in [4.78, 5) is 9.53. The molecule has 0 N–H and O–H groups in total. The molecule has 0 unspecified atom stereocenters. The maximum absolute atomic E-state index is 4.85. The van der Waals surface area contributed by atoms with Crippen molar-refractivity contribution in [2.24, 2.45) is 0 Å². The van der Waals surface area contributed by atoms with Gasteiger partial charge in [0.15, 0.2) is 0 Å². The number of aryl methyl sites for hydroxylation is 1. The third-order valence-corrected chi connectivity index (χ3v) is 4.26. The molecule has 2 rings (SSSR count). The van der Waals surface area contributed by atoms with Gasteiger partial charge in [-0.1, -0.05) is 54.0 Å². The highest BCUT2D eigenvalue weighted by Gasteiger charge is 2.22. The van der Waals surface area contributed by atoms with E-state index in [1.807, 2.05) is 6.20 Å². The highest BCUT2D eigenvalue weighted by atomic mass is 14.8. The Hall–Kier alpha value is -1.44. The van der Waals surface area contributed by atoms with Crippen LogP contribution in [0.1, 0.15) is 71.2 Å². The Labute approximate surface area is 129 Å². The molecule has 0 aliphatic rings. The van der Waals surface area contributed by atoms with Gasteiger partial charge in [0.1, 0.15) is 0 Å². The highest BCUT2D eigenvalue weighted by Crippen LogP contribution is 2.32. The summed E-state index contributed by atoms with van der Waals surface area (Å²) in [7, 11) is 0. The van der Waals surface area contributed by atoms with Crippen LogP contribution in [-0.2, 0) is 10.8 Å². The Balaban J connectivity index is 2.58. The Morgan fingerprint density at radius 3 is 2.29 bits per heavy atom. The van der Waals surface area contributed by atoms with Gasteiger partial charge < -0.3 is 0 Å². The van der Waals surface area contributed by atoms with Crippen LogP contribution in [0, 0.1) is 6.92 Å². The van der Waals surface area contributed by atoms with Gasteiger partial charge in [0.25, 0.3) is 0 Å². The first-order valence-corrected chi connectivity index (χ1v) is 7.93. The monoisotopic (exact) mass is 284 g/mol. The van der Waals surface area contributed by atoms with Crippen molar-refractivity contribution in [3.63, 3.8) is 0 Å². The van der Waals surface area contributed by atoms with E-state index in [9.17, 15) is 0 Å². The van der Waals surface area contributed by atoms with Gasteiger partial charge in [-0.2, -0.15) is 0 Å². The highest BCUT2D eigenvalue weighted by molar-refractivity contribution is 5.79. The number of rotatable bonds is 3. The maximum atomic E-state index is 4.85. The molecule has 0 aliphatic heterocycles. The predicted octanol–water partition coefficient (Wildman–Crippen LogP) is 5.31. The molecule has 0 saturated carbocycles. The molecule has 0 bridgehead atoms. The van der Waals surface area contributed by atoms with Crippen LogP contribution in [0.25, 0.3) is 11.0 Å². The molecule has 21 heavy (non-hydrogen) atoms. The first kappa shape index (κ1) is 15.9. The molecule has 0 radical (unpaired) electrons. The van der Waals surface area contributed by atoms with E-state index >= 15 is 0 Å². The zero-order valence-electron chi connectivity index (χ0n) is 14.5. The molecule has 2 nitrogen and oxygen atoms in total. The minimum Gasteiger partial charge on any atom is -0.253 e. The van der Waals surface area contributed by atoms with Gasteiger partial charge in [-0.25, -0.2) is 4.98 Å². The number of aromatic nitrogens is 2. The summed E-state index contributed by atoms with van der Waals surface area (Å²) in [6, 6.07) is 4.51. The van der Waals surface area contributed by atoms with Crippen molar-refractivity contribution >= 4 is 11.0 Å². The summed E-state index contributed by atoms with van der Waals surface area (Å²) >= 11 is 0. The summed E-state index contributed by atoms with van der Waals surface area (Å²) in [6.07, 6.45) is 4.31. The van der Waals surface area contributed by atoms with Gasteiger partial charge in [-0.15, -0.1) is 0 Å². The number of nitrogens with zero attached hydrogens (tertiary/aromatic N) is 2. The number of fused-ring (bicyclic) bond motifs is 1. The van der Waals surface area contributed by atoms with Crippen molar-refractivity contribution in [1.82, 2.24) is 9.97 Å². The van der Waals surface area contributed by atoms with Gasteiger partial charge in [0.05, 0.1) is 16.7 Å². The van der Waals surface area contributed by atoms with E-state index in [4.69, 9.17) is 4.98 Å². The molecule has 1 aromatic carbocycles. The summed E-state index contributed by atoms with van der Waals surface area (Å²) in [5.41, 5.74) is 5.93. The third kappa shape index (κ3) is 3.25. The van der Waals surface area contributed by atoms with E-state index in [0.29, 0.717) is 0 Å². The van der Waals surface area contributed by atoms with E-state index in [0.717, 1.165) is 16.7 Å². The van der Waals surface area contributed by atoms with Crippen molar-refractivity contribution in [3.05, 3.63) is 35.2 Å². The zero-order chi connectivity index (χ0) is 15.8. The minimum absolute atomic E-state index is 0.0355. The second-order valence-electron chi connectivity index (χ2n) is 7.80. The molecule has 0 spiro atoms. The summed E-state index contributed by atoms with van der Waals surface area (Å²) in [6.45, 7) is 15.5. The van der Waals surface area contributed by atoms with Crippen molar-refractivity contribution in [2.75, 3.05) is 0 Å². The molecule has 1 aromatic heterocycles. The van der Waals surface area contributed by atoms with Gasteiger partial charge >= 0.3 is 0 Å². The molecule has 0 fully saturated rings. The normalized spacial score (nSPS) is 12.9. The molecule has 114 valence electrons. The topological polar surface area (TPSA) is 25.8 Å². The molecular weight excluding hydrogens is 256 g/mol. The fraction of sp³-hybridized carbons (Fsp3) is 0.579. The van der Waals surface area contributed by atoms with E-state index in [-0.39, 0.29) is 10.8 Å². The van der Waals surface area contributed by atoms with Crippen molar-refractivity contribution in [1.29, 1.82) is 0 Å². The molecular formula is C19H28N2. The van der Waals surface area contributed by atoms with Crippen molar-refractivity contribution in [2.45, 2.75) is 72.1 Å². The molecule has 2 aromatic rings. The standard InChI is InChI=1S/C19H28N2/c1-8-9-19(6,7)14-10-13(2)17-15(11-14)20-12-16(21-17)18(3,4)5/h10-12H,8-9H2,1-7H3. The van der Waals surface area contributed by atoms with Gasteiger partial charge in [0, 0.05) is 11.6 Å². The fourth-order valence-electron chi connectivity index (χ4n) is 2.81. The van der Waals surface area contributed by atoms with E-state index < -0.39 is 0 Å². The van der Waals surface area contributed by atoms with Crippen LogP contribution < -0.4 is 0 Å². The van der Waals surface area contributed by atoms with Crippen LogP contribution in [0.15, 0.2) is 18.3 Å². The first-order chi connectivity index (χ1) is 9.65. The molecule has 1 heterocycles. The van der Waals surface area contributed by atoms with E-state index in [1.54, 1.807) is 0 Å². The fourth-order valence-corrected chi connectivity index (χ4v) is 2.81. The van der Waals surface area contributed by atoms with Crippen LogP contribution in [0.5, 0.6) is 0 Å². The number of hydrogen-bond acceptors (Lipinski definition) is 2. The Morgan fingerprint density at radius 2 is 1.71 bits per heavy atom. The maximum Gasteiger partial charge on any atom is 0.0919 e. The van der Waals surface area contributed by atoms with E-state index in [2.05, 4.69) is 65.6 Å². The molecule has 2 heteroatoms. The van der Waals surface area contributed by atoms with Crippen LogP contribution in [0.2, 0.25) is 0 Å². The summed E-state index contributed by atoms with van der Waals surface area (Å²) < 4.78 is 0. The van der Waals surface area contributed by atoms with Crippen molar-refractivity contribution in [3.8, 4) is 0 Å². The average molecular weight is 284 g/mol. The van der Waals surface area contributed by atoms with Gasteiger partial charge in [-0.05, 0) is 36.0 Å². The lowest BCUT2D eigenvalue weighted by atomic mass is 9.80. The van der Waals surface area contributed by atoms with E-state index in [1.165, 1.54) is 24.0 Å². The number of benzene rings is 1. The molecule has 0 atom stereocenters. The lowest BCUT2D eigenvalue weighted by molar-refractivity contribution is 0.473. The van der Waals surface area contributed by atoms with Crippen molar-refractivity contribution < 1.29 is 0 Å². The van der Waals surface area contributed by atoms with Crippen LogP contribution >= 0.6 is 0 Å².